The third-order valence-corrected chi connectivity index (χ3v) is 4.54. The third kappa shape index (κ3) is 4.68. The van der Waals surface area contributed by atoms with Crippen LogP contribution in [0.2, 0.25) is 0 Å². The average molecular weight is 411 g/mol. The maximum atomic E-state index is 12.4. The van der Waals surface area contributed by atoms with Crippen LogP contribution in [0.3, 0.4) is 0 Å². The van der Waals surface area contributed by atoms with Gasteiger partial charge in [0.1, 0.15) is 17.3 Å². The second-order valence-electron chi connectivity index (χ2n) is 5.91. The predicted octanol–water partition coefficient (Wildman–Crippen LogP) is 1.80. The Bertz CT molecular complexity index is 655. The number of rotatable bonds is 5. The van der Waals surface area contributed by atoms with Crippen molar-refractivity contribution in [3.05, 3.63) is 30.1 Å². The number of amides is 2. The fourth-order valence-corrected chi connectivity index (χ4v) is 3.25. The zero-order valence-corrected chi connectivity index (χ0v) is 15.1. The molecule has 3 rings (SSSR count). The molecule has 1 aromatic rings. The van der Waals surface area contributed by atoms with Crippen molar-refractivity contribution in [1.29, 1.82) is 0 Å². The van der Waals surface area contributed by atoms with Crippen LogP contribution in [0.4, 0.5) is 4.79 Å². The monoisotopic (exact) mass is 410 g/mol. The van der Waals surface area contributed by atoms with E-state index in [1.807, 2.05) is 6.07 Å². The van der Waals surface area contributed by atoms with Crippen LogP contribution in [0.15, 0.2) is 29.7 Å². The molecule has 0 aliphatic carbocycles. The first-order valence-corrected chi connectivity index (χ1v) is 8.91. The van der Waals surface area contributed by atoms with Gasteiger partial charge in [0.05, 0.1) is 6.54 Å². The lowest BCUT2D eigenvalue weighted by Crippen LogP contribution is -2.47. The van der Waals surface area contributed by atoms with E-state index >= 15 is 0 Å². The van der Waals surface area contributed by atoms with Crippen LogP contribution in [0.25, 0.3) is 0 Å². The van der Waals surface area contributed by atoms with Crippen LogP contribution < -0.4 is 5.32 Å². The molecule has 0 spiro atoms. The van der Waals surface area contributed by atoms with Crippen molar-refractivity contribution < 1.29 is 19.2 Å². The Morgan fingerprint density at radius 2 is 2.36 bits per heavy atom. The number of aromatic nitrogens is 1. The summed E-state index contributed by atoms with van der Waals surface area (Å²) in [7, 11) is 0. The van der Waals surface area contributed by atoms with E-state index < -0.39 is 12.1 Å². The number of hydrogen-bond acceptors (Lipinski definition) is 6. The second kappa shape index (κ2) is 8.28. The maximum absolute atomic E-state index is 12.4. The number of oxime groups is 1. The highest BCUT2D eigenvalue weighted by atomic mass is 79.9. The van der Waals surface area contributed by atoms with E-state index in [9.17, 15) is 9.59 Å². The summed E-state index contributed by atoms with van der Waals surface area (Å²) in [4.78, 5) is 35.3. The Kier molecular flexibility index (Phi) is 5.85. The van der Waals surface area contributed by atoms with Crippen LogP contribution in [0.1, 0.15) is 24.8 Å². The highest BCUT2D eigenvalue weighted by Crippen LogP contribution is 2.19. The standard InChI is InChI=1S/C16H19BrN4O4/c17-14-7-12(25-20-14)9-19-15(22)13-4-2-6-21(13)16(23)24-10-11-3-1-5-18-8-11/h1,3,5,8,12-13H,2,4,6-7,9-10H2,(H,19,22)/t12-,13-/m0/s1. The Labute approximate surface area is 153 Å². The van der Waals surface area contributed by atoms with Gasteiger partial charge in [-0.15, -0.1) is 0 Å². The number of nitrogens with one attached hydrogen (secondary N) is 1. The Morgan fingerprint density at radius 1 is 1.48 bits per heavy atom. The minimum atomic E-state index is -0.507. The Balaban J connectivity index is 1.47. The van der Waals surface area contributed by atoms with Gasteiger partial charge in [-0.2, -0.15) is 0 Å². The number of ether oxygens (including phenoxy) is 1. The van der Waals surface area contributed by atoms with Crippen molar-refractivity contribution in [3.8, 4) is 0 Å². The van der Waals surface area contributed by atoms with E-state index in [1.165, 1.54) is 4.90 Å². The SMILES string of the molecule is O=C(NC[C@@H]1CC(Br)=NO1)[C@@H]1CCCN1C(=O)OCc1cccnc1. The topological polar surface area (TPSA) is 93.1 Å². The number of carbonyl (C=O) groups is 2. The van der Waals surface area contributed by atoms with Gasteiger partial charge in [0, 0.05) is 30.9 Å². The smallest absolute Gasteiger partial charge is 0.410 e. The van der Waals surface area contributed by atoms with E-state index in [-0.39, 0.29) is 18.6 Å². The fourth-order valence-electron chi connectivity index (χ4n) is 2.81. The van der Waals surface area contributed by atoms with Crippen LogP contribution >= 0.6 is 15.9 Å². The summed E-state index contributed by atoms with van der Waals surface area (Å²) >= 11 is 3.26. The highest BCUT2D eigenvalue weighted by molar-refractivity contribution is 9.18. The minimum Gasteiger partial charge on any atom is -0.444 e. The summed E-state index contributed by atoms with van der Waals surface area (Å²) < 4.78 is 6.03. The molecule has 1 saturated heterocycles. The van der Waals surface area contributed by atoms with Crippen LogP contribution in [-0.4, -0.2) is 51.7 Å². The van der Waals surface area contributed by atoms with Crippen molar-refractivity contribution in [2.24, 2.45) is 5.16 Å². The molecule has 2 atom stereocenters. The predicted molar refractivity (Wildman–Crippen MR) is 93.0 cm³/mol. The molecule has 0 radical (unpaired) electrons. The number of nitrogens with zero attached hydrogens (tertiary/aromatic N) is 3. The molecule has 0 bridgehead atoms. The van der Waals surface area contributed by atoms with Crippen LogP contribution in [0.5, 0.6) is 0 Å². The van der Waals surface area contributed by atoms with E-state index in [0.29, 0.717) is 25.9 Å². The molecule has 1 aromatic heterocycles. The number of halogens is 1. The molecule has 1 N–H and O–H groups in total. The zero-order valence-electron chi connectivity index (χ0n) is 13.6. The van der Waals surface area contributed by atoms with E-state index in [0.717, 1.165) is 16.6 Å². The van der Waals surface area contributed by atoms with Gasteiger partial charge < -0.3 is 14.9 Å². The molecule has 2 aliphatic rings. The molecule has 134 valence electrons. The molecule has 0 aromatic carbocycles. The van der Waals surface area contributed by atoms with Crippen LogP contribution in [0, 0.1) is 0 Å². The van der Waals surface area contributed by atoms with E-state index in [1.54, 1.807) is 18.5 Å². The molecule has 1 fully saturated rings. The lowest BCUT2D eigenvalue weighted by Gasteiger charge is -2.23. The summed E-state index contributed by atoms with van der Waals surface area (Å²) in [5, 5.41) is 6.61. The summed E-state index contributed by atoms with van der Waals surface area (Å²) in [6, 6.07) is 3.10. The molecule has 9 heteroatoms. The van der Waals surface area contributed by atoms with Crippen molar-refractivity contribution in [2.45, 2.75) is 38.0 Å². The van der Waals surface area contributed by atoms with E-state index in [2.05, 4.69) is 31.4 Å². The van der Waals surface area contributed by atoms with Gasteiger partial charge in [-0.05, 0) is 34.8 Å². The summed E-state index contributed by atoms with van der Waals surface area (Å²) in [5.74, 6) is -0.192. The van der Waals surface area contributed by atoms with Crippen molar-refractivity contribution in [2.75, 3.05) is 13.1 Å². The molecule has 3 heterocycles. The second-order valence-corrected chi connectivity index (χ2v) is 6.83. The number of likely N-dealkylation sites (tertiary alicyclic amines) is 1. The quantitative estimate of drug-likeness (QED) is 0.798. The van der Waals surface area contributed by atoms with Gasteiger partial charge in [0.15, 0.2) is 6.10 Å². The molecular formula is C16H19BrN4O4. The van der Waals surface area contributed by atoms with Crippen molar-refractivity contribution in [1.82, 2.24) is 15.2 Å². The molecular weight excluding hydrogens is 392 g/mol. The number of pyridine rings is 1. The number of carbonyl (C=O) groups excluding carboxylic acids is 2. The largest absolute Gasteiger partial charge is 0.444 e. The maximum Gasteiger partial charge on any atom is 0.410 e. The van der Waals surface area contributed by atoms with Gasteiger partial charge in [0.25, 0.3) is 0 Å². The summed E-state index contributed by atoms with van der Waals surface area (Å²) in [6.07, 6.45) is 4.67. The first-order valence-electron chi connectivity index (χ1n) is 8.11. The molecule has 8 nitrogen and oxygen atoms in total. The average Bonchev–Trinajstić information content (AvgIpc) is 3.27. The van der Waals surface area contributed by atoms with Crippen molar-refractivity contribution in [3.63, 3.8) is 0 Å². The Hall–Kier alpha value is -2.16. The van der Waals surface area contributed by atoms with E-state index in [4.69, 9.17) is 9.57 Å². The van der Waals surface area contributed by atoms with Crippen molar-refractivity contribution >= 4 is 32.6 Å². The Morgan fingerprint density at radius 3 is 3.08 bits per heavy atom. The summed E-state index contributed by atoms with van der Waals surface area (Å²) in [5.41, 5.74) is 0.806. The molecule has 25 heavy (non-hydrogen) atoms. The van der Waals surface area contributed by atoms with Gasteiger partial charge in [-0.3, -0.25) is 14.7 Å². The first kappa shape index (κ1) is 17.7. The molecule has 2 amide bonds. The fraction of sp³-hybridized carbons (Fsp3) is 0.500. The molecule has 0 saturated carbocycles. The van der Waals surface area contributed by atoms with Gasteiger partial charge >= 0.3 is 6.09 Å². The highest BCUT2D eigenvalue weighted by Gasteiger charge is 2.35. The molecule has 0 unspecified atom stereocenters. The lowest BCUT2D eigenvalue weighted by atomic mass is 10.2. The van der Waals surface area contributed by atoms with Crippen LogP contribution in [-0.2, 0) is 21.0 Å². The van der Waals surface area contributed by atoms with Gasteiger partial charge in [-0.25, -0.2) is 4.79 Å². The minimum absolute atomic E-state index is 0.138. The molecule has 2 aliphatic heterocycles. The van der Waals surface area contributed by atoms with Gasteiger partial charge in [0.2, 0.25) is 5.91 Å². The first-order chi connectivity index (χ1) is 12.1. The third-order valence-electron chi connectivity index (χ3n) is 4.08. The summed E-state index contributed by atoms with van der Waals surface area (Å²) in [6.45, 7) is 1.00. The zero-order chi connectivity index (χ0) is 17.6. The number of hydrogen-bond donors (Lipinski definition) is 1. The van der Waals surface area contributed by atoms with Gasteiger partial charge in [-0.1, -0.05) is 11.2 Å². The lowest BCUT2D eigenvalue weighted by molar-refractivity contribution is -0.125. The normalized spacial score (nSPS) is 22.3.